The van der Waals surface area contributed by atoms with E-state index in [4.69, 9.17) is 19.4 Å². The van der Waals surface area contributed by atoms with E-state index in [0.29, 0.717) is 0 Å². The predicted molar refractivity (Wildman–Crippen MR) is 151 cm³/mol. The Morgan fingerprint density at radius 1 is 0.556 bits per heavy atom. The fraction of sp³-hybridized carbons (Fsp3) is 0.0714. The summed E-state index contributed by atoms with van der Waals surface area (Å²) in [7, 11) is 3.33. The molecule has 0 unspecified atom stereocenters. The highest BCUT2D eigenvalue weighted by Crippen LogP contribution is 2.35. The molecule has 2 aromatic heterocycles. The first-order valence-electron chi connectivity index (χ1n) is 11.3. The van der Waals surface area contributed by atoms with Crippen LogP contribution in [0.25, 0.3) is 31.6 Å². The summed E-state index contributed by atoms with van der Waals surface area (Å²) in [6, 6.07) is 28.5. The predicted octanol–water partition coefficient (Wildman–Crippen LogP) is 8.08. The number of methoxy groups -OCH3 is 2. The minimum atomic E-state index is 0.830. The third-order valence-corrected chi connectivity index (χ3v) is 7.66. The van der Waals surface area contributed by atoms with Crippen LogP contribution in [0.3, 0.4) is 0 Å². The number of nitrogens with zero attached hydrogens (tertiary/aromatic N) is 2. The van der Waals surface area contributed by atoms with E-state index in [1.165, 1.54) is 0 Å². The average molecular weight is 511 g/mol. The molecule has 36 heavy (non-hydrogen) atoms. The number of rotatable bonds is 7. The molecule has 0 aliphatic carbocycles. The number of anilines is 4. The fourth-order valence-corrected chi connectivity index (χ4v) is 5.76. The van der Waals surface area contributed by atoms with Gasteiger partial charge in [-0.15, -0.1) is 0 Å². The topological polar surface area (TPSA) is 68.3 Å². The highest BCUT2D eigenvalue weighted by atomic mass is 32.1. The van der Waals surface area contributed by atoms with Gasteiger partial charge in [-0.1, -0.05) is 34.8 Å². The summed E-state index contributed by atoms with van der Waals surface area (Å²) in [5.74, 6) is 1.66. The number of fused-ring (bicyclic) bond motifs is 2. The largest absolute Gasteiger partial charge is 0.497 e. The Morgan fingerprint density at radius 2 is 0.972 bits per heavy atom. The molecule has 0 aliphatic heterocycles. The van der Waals surface area contributed by atoms with Crippen LogP contribution in [0.1, 0.15) is 0 Å². The summed E-state index contributed by atoms with van der Waals surface area (Å²) < 4.78 is 12.7. The molecule has 0 radical (unpaired) electrons. The van der Waals surface area contributed by atoms with Crippen molar-refractivity contribution >= 4 is 64.7 Å². The molecular weight excluding hydrogens is 488 g/mol. The van der Waals surface area contributed by atoms with Gasteiger partial charge in [-0.25, -0.2) is 9.97 Å². The summed E-state index contributed by atoms with van der Waals surface area (Å²) in [5.41, 5.74) is 6.22. The van der Waals surface area contributed by atoms with Gasteiger partial charge in [-0.3, -0.25) is 0 Å². The van der Waals surface area contributed by atoms with Crippen LogP contribution in [-0.4, -0.2) is 24.2 Å². The van der Waals surface area contributed by atoms with Crippen LogP contribution < -0.4 is 20.1 Å². The molecule has 178 valence electrons. The molecule has 0 amide bonds. The van der Waals surface area contributed by atoms with Crippen LogP contribution in [0.2, 0.25) is 0 Å². The van der Waals surface area contributed by atoms with Gasteiger partial charge in [0.2, 0.25) is 0 Å². The molecule has 2 N–H and O–H groups in total. The minimum absolute atomic E-state index is 0.830. The Balaban J connectivity index is 1.23. The fourth-order valence-electron chi connectivity index (χ4n) is 3.91. The quantitative estimate of drug-likeness (QED) is 0.226. The van der Waals surface area contributed by atoms with Crippen molar-refractivity contribution in [3.05, 3.63) is 84.9 Å². The maximum atomic E-state index is 5.23. The molecule has 2 heterocycles. The minimum Gasteiger partial charge on any atom is -0.497 e. The average Bonchev–Trinajstić information content (AvgIpc) is 3.51. The molecule has 0 fully saturated rings. The maximum Gasteiger partial charge on any atom is 0.188 e. The highest BCUT2D eigenvalue weighted by molar-refractivity contribution is 7.22. The van der Waals surface area contributed by atoms with E-state index in [-0.39, 0.29) is 0 Å². The van der Waals surface area contributed by atoms with Crippen LogP contribution in [0.5, 0.6) is 11.5 Å². The maximum absolute atomic E-state index is 5.23. The molecule has 6 nitrogen and oxygen atoms in total. The van der Waals surface area contributed by atoms with Crippen LogP contribution in [0.15, 0.2) is 84.9 Å². The summed E-state index contributed by atoms with van der Waals surface area (Å²) in [6.45, 7) is 0. The molecule has 0 saturated heterocycles. The molecule has 8 heteroatoms. The third-order valence-electron chi connectivity index (χ3n) is 5.79. The summed E-state index contributed by atoms with van der Waals surface area (Å²) >= 11 is 3.28. The molecule has 0 spiro atoms. The lowest BCUT2D eigenvalue weighted by molar-refractivity contribution is 0.415. The van der Waals surface area contributed by atoms with Gasteiger partial charge >= 0.3 is 0 Å². The molecule has 4 aromatic carbocycles. The lowest BCUT2D eigenvalue weighted by atomic mass is 10.1. The zero-order chi connectivity index (χ0) is 24.5. The van der Waals surface area contributed by atoms with E-state index in [1.54, 1.807) is 36.9 Å². The van der Waals surface area contributed by atoms with Crippen molar-refractivity contribution in [1.29, 1.82) is 0 Å². The van der Waals surface area contributed by atoms with E-state index >= 15 is 0 Å². The SMILES string of the molecule is COc1ccc(Nc2nc3ccc(-c4ccc5nc(Nc6ccc(OC)cc6)sc5c4)cc3s2)cc1. The number of aromatic nitrogens is 2. The van der Waals surface area contributed by atoms with Crippen molar-refractivity contribution in [3.8, 4) is 22.6 Å². The second-order valence-corrected chi connectivity index (χ2v) is 10.2. The number of ether oxygens (including phenoxy) is 2. The van der Waals surface area contributed by atoms with Crippen molar-refractivity contribution in [3.63, 3.8) is 0 Å². The van der Waals surface area contributed by atoms with Crippen LogP contribution in [-0.2, 0) is 0 Å². The van der Waals surface area contributed by atoms with Gasteiger partial charge in [0.05, 0.1) is 34.7 Å². The van der Waals surface area contributed by atoms with Crippen molar-refractivity contribution in [2.75, 3.05) is 24.9 Å². The van der Waals surface area contributed by atoms with E-state index in [2.05, 4.69) is 47.0 Å². The number of benzene rings is 4. The Morgan fingerprint density at radius 3 is 1.36 bits per heavy atom. The normalized spacial score (nSPS) is 11.1. The van der Waals surface area contributed by atoms with E-state index < -0.39 is 0 Å². The van der Waals surface area contributed by atoms with Crippen LogP contribution in [0.4, 0.5) is 21.6 Å². The van der Waals surface area contributed by atoms with Crippen LogP contribution >= 0.6 is 22.7 Å². The van der Waals surface area contributed by atoms with E-state index in [0.717, 1.165) is 64.7 Å². The van der Waals surface area contributed by atoms with Gasteiger partial charge in [0, 0.05) is 11.4 Å². The molecule has 6 aromatic rings. The standard InChI is InChI=1S/C28H22N4O2S2/c1-33-21-9-5-19(6-10-21)29-27-31-23-13-3-17(15-25(23)35-27)18-4-14-24-26(16-18)36-28(32-24)30-20-7-11-22(34-2)12-8-20/h3-16H,1-2H3,(H,29,31)(H,30,32). The number of thiazole rings is 2. The molecule has 0 bridgehead atoms. The number of nitrogens with one attached hydrogen (secondary N) is 2. The van der Waals surface area contributed by atoms with Gasteiger partial charge in [-0.2, -0.15) is 0 Å². The number of hydrogen-bond donors (Lipinski definition) is 2. The lowest BCUT2D eigenvalue weighted by Gasteiger charge is -2.03. The molecule has 6 rings (SSSR count). The second kappa shape index (κ2) is 9.49. The van der Waals surface area contributed by atoms with Crippen molar-refractivity contribution in [1.82, 2.24) is 9.97 Å². The summed E-state index contributed by atoms with van der Waals surface area (Å²) in [4.78, 5) is 9.48. The number of hydrogen-bond acceptors (Lipinski definition) is 8. The van der Waals surface area contributed by atoms with E-state index in [9.17, 15) is 0 Å². The van der Waals surface area contributed by atoms with Crippen molar-refractivity contribution in [2.45, 2.75) is 0 Å². The summed E-state index contributed by atoms with van der Waals surface area (Å²) in [5, 5.41) is 8.50. The third kappa shape index (κ3) is 4.56. The molecular formula is C28H22N4O2S2. The van der Waals surface area contributed by atoms with Gasteiger partial charge in [0.1, 0.15) is 11.5 Å². The Hall–Kier alpha value is -4.14. The monoisotopic (exact) mass is 510 g/mol. The summed E-state index contributed by atoms with van der Waals surface area (Å²) in [6.07, 6.45) is 0. The zero-order valence-electron chi connectivity index (χ0n) is 19.6. The van der Waals surface area contributed by atoms with Crippen LogP contribution in [0, 0.1) is 0 Å². The second-order valence-electron chi connectivity index (χ2n) is 8.11. The van der Waals surface area contributed by atoms with Gasteiger partial charge in [0.25, 0.3) is 0 Å². The Kier molecular flexibility index (Phi) is 5.88. The first-order chi connectivity index (χ1) is 17.7. The lowest BCUT2D eigenvalue weighted by Crippen LogP contribution is -1.89. The molecule has 0 saturated carbocycles. The van der Waals surface area contributed by atoms with Crippen molar-refractivity contribution in [2.24, 2.45) is 0 Å². The molecule has 0 atom stereocenters. The first-order valence-corrected chi connectivity index (χ1v) is 12.9. The zero-order valence-corrected chi connectivity index (χ0v) is 21.2. The molecule has 0 aliphatic rings. The van der Waals surface area contributed by atoms with Gasteiger partial charge in [0.15, 0.2) is 10.3 Å². The Bertz CT molecular complexity index is 1530. The van der Waals surface area contributed by atoms with Crippen molar-refractivity contribution < 1.29 is 9.47 Å². The highest BCUT2D eigenvalue weighted by Gasteiger charge is 2.10. The smallest absolute Gasteiger partial charge is 0.188 e. The first kappa shape index (κ1) is 22.3. The van der Waals surface area contributed by atoms with Gasteiger partial charge in [-0.05, 0) is 83.9 Å². The van der Waals surface area contributed by atoms with Gasteiger partial charge < -0.3 is 20.1 Å². The Labute approximate surface area is 216 Å². The van der Waals surface area contributed by atoms with E-state index in [1.807, 2.05) is 48.5 Å².